The van der Waals surface area contributed by atoms with Gasteiger partial charge in [-0.05, 0) is 98.5 Å². The largest absolute Gasteiger partial charge is 0.456 e. The maximum Gasteiger partial charge on any atom is 0.139 e. The van der Waals surface area contributed by atoms with Gasteiger partial charge in [-0.2, -0.15) is 0 Å². The van der Waals surface area contributed by atoms with E-state index in [-0.39, 0.29) is 10.8 Å². The summed E-state index contributed by atoms with van der Waals surface area (Å²) in [6.07, 6.45) is 0. The van der Waals surface area contributed by atoms with Gasteiger partial charge in [0.15, 0.2) is 0 Å². The first-order chi connectivity index (χ1) is 24.7. The summed E-state index contributed by atoms with van der Waals surface area (Å²) >= 11 is 0. The van der Waals surface area contributed by atoms with E-state index < -0.39 is 0 Å². The van der Waals surface area contributed by atoms with E-state index in [1.165, 1.54) is 60.8 Å². The standard InChI is InChI=1S/C49H41NO/c1-48(2,3)44-18-12-17-39-42-30-45-41(31-46(42)51-47(39)44)40-29-38(27-28-43(40)49(45,4)5)50(36-23-19-34(20-24-36)32-13-8-6-9-14-32)37-25-21-35(22-26-37)33-15-10-7-11-16-33/h6-31H,1-5H3. The zero-order valence-electron chi connectivity index (χ0n) is 29.9. The Kier molecular flexibility index (Phi) is 7.09. The summed E-state index contributed by atoms with van der Waals surface area (Å²) < 4.78 is 6.72. The van der Waals surface area contributed by atoms with E-state index >= 15 is 0 Å². The normalized spacial score (nSPS) is 13.4. The van der Waals surface area contributed by atoms with Crippen LogP contribution in [0.2, 0.25) is 0 Å². The third-order valence-corrected chi connectivity index (χ3v) is 10.8. The fraction of sp³-hybridized carbons (Fsp3) is 0.143. The number of fused-ring (bicyclic) bond motifs is 6. The number of benzene rings is 7. The molecule has 2 nitrogen and oxygen atoms in total. The summed E-state index contributed by atoms with van der Waals surface area (Å²) in [4.78, 5) is 2.38. The lowest BCUT2D eigenvalue weighted by Crippen LogP contribution is -2.15. The average molecular weight is 660 g/mol. The minimum Gasteiger partial charge on any atom is -0.456 e. The molecule has 9 rings (SSSR count). The molecule has 1 heterocycles. The number of para-hydroxylation sites is 1. The Morgan fingerprint density at radius 1 is 0.471 bits per heavy atom. The minimum absolute atomic E-state index is 0.0149. The summed E-state index contributed by atoms with van der Waals surface area (Å²) in [5.74, 6) is 0. The molecule has 0 saturated carbocycles. The van der Waals surface area contributed by atoms with Crippen molar-refractivity contribution in [3.05, 3.63) is 174 Å². The van der Waals surface area contributed by atoms with E-state index in [9.17, 15) is 0 Å². The van der Waals surface area contributed by atoms with Crippen molar-refractivity contribution < 1.29 is 4.42 Å². The molecule has 1 aliphatic rings. The molecule has 0 aliphatic heterocycles. The molecular formula is C49H41NO. The molecule has 0 saturated heterocycles. The number of hydrogen-bond donors (Lipinski definition) is 0. The SMILES string of the molecule is CC(C)(C)c1cccc2c1oc1cc3c(cc12)C(C)(C)c1ccc(N(c2ccc(-c4ccccc4)cc2)c2ccc(-c4ccccc4)cc2)cc1-3. The molecule has 0 amide bonds. The van der Waals surface area contributed by atoms with Crippen molar-refractivity contribution in [2.24, 2.45) is 0 Å². The van der Waals surface area contributed by atoms with Gasteiger partial charge in [0.05, 0.1) is 0 Å². The van der Waals surface area contributed by atoms with E-state index in [4.69, 9.17) is 4.42 Å². The van der Waals surface area contributed by atoms with Crippen LogP contribution in [0.5, 0.6) is 0 Å². The highest BCUT2D eigenvalue weighted by atomic mass is 16.3. The lowest BCUT2D eigenvalue weighted by atomic mass is 9.82. The van der Waals surface area contributed by atoms with Gasteiger partial charge in [-0.25, -0.2) is 0 Å². The molecule has 248 valence electrons. The molecule has 8 aromatic rings. The Labute approximate surface area is 300 Å². The van der Waals surface area contributed by atoms with E-state index in [0.717, 1.165) is 28.2 Å². The highest BCUT2D eigenvalue weighted by Gasteiger charge is 2.37. The number of furan rings is 1. The van der Waals surface area contributed by atoms with Gasteiger partial charge in [0.1, 0.15) is 11.2 Å². The van der Waals surface area contributed by atoms with Gasteiger partial charge in [0, 0.05) is 38.8 Å². The van der Waals surface area contributed by atoms with Crippen LogP contribution in [-0.4, -0.2) is 0 Å². The third kappa shape index (κ3) is 5.17. The molecule has 2 heteroatoms. The van der Waals surface area contributed by atoms with Crippen LogP contribution in [0.25, 0.3) is 55.3 Å². The zero-order chi connectivity index (χ0) is 34.9. The zero-order valence-corrected chi connectivity index (χ0v) is 29.9. The van der Waals surface area contributed by atoms with E-state index in [1.54, 1.807) is 0 Å². The summed E-state index contributed by atoms with van der Waals surface area (Å²) in [7, 11) is 0. The van der Waals surface area contributed by atoms with Crippen LogP contribution in [0, 0.1) is 0 Å². The average Bonchev–Trinajstić information content (AvgIpc) is 3.63. The van der Waals surface area contributed by atoms with Gasteiger partial charge < -0.3 is 9.32 Å². The van der Waals surface area contributed by atoms with Crippen LogP contribution >= 0.6 is 0 Å². The lowest BCUT2D eigenvalue weighted by Gasteiger charge is -2.27. The lowest BCUT2D eigenvalue weighted by molar-refractivity contribution is 0.573. The Morgan fingerprint density at radius 2 is 1.00 bits per heavy atom. The molecule has 0 spiro atoms. The van der Waals surface area contributed by atoms with Crippen molar-refractivity contribution in [2.75, 3.05) is 4.90 Å². The maximum absolute atomic E-state index is 6.72. The quantitative estimate of drug-likeness (QED) is 0.183. The highest BCUT2D eigenvalue weighted by molar-refractivity contribution is 6.08. The predicted molar refractivity (Wildman–Crippen MR) is 216 cm³/mol. The third-order valence-electron chi connectivity index (χ3n) is 10.8. The molecule has 0 radical (unpaired) electrons. The van der Waals surface area contributed by atoms with Crippen molar-refractivity contribution in [1.29, 1.82) is 0 Å². The predicted octanol–water partition coefficient (Wildman–Crippen LogP) is 14.0. The summed E-state index contributed by atoms with van der Waals surface area (Å²) in [5.41, 5.74) is 16.4. The van der Waals surface area contributed by atoms with Crippen molar-refractivity contribution in [3.8, 4) is 33.4 Å². The Bertz CT molecular complexity index is 2470. The van der Waals surface area contributed by atoms with Crippen LogP contribution in [0.3, 0.4) is 0 Å². The van der Waals surface area contributed by atoms with Crippen molar-refractivity contribution >= 4 is 39.0 Å². The number of hydrogen-bond acceptors (Lipinski definition) is 2. The second-order valence-electron chi connectivity index (χ2n) is 15.4. The molecule has 0 unspecified atom stereocenters. The highest BCUT2D eigenvalue weighted by Crippen LogP contribution is 2.53. The van der Waals surface area contributed by atoms with Crippen LogP contribution < -0.4 is 4.90 Å². The minimum atomic E-state index is -0.151. The number of rotatable bonds is 5. The molecule has 51 heavy (non-hydrogen) atoms. The summed E-state index contributed by atoms with van der Waals surface area (Å²) in [6.45, 7) is 11.5. The molecule has 0 atom stereocenters. The molecule has 1 aliphatic carbocycles. The Morgan fingerprint density at radius 3 is 1.57 bits per heavy atom. The maximum atomic E-state index is 6.72. The van der Waals surface area contributed by atoms with Crippen molar-refractivity contribution in [2.45, 2.75) is 45.4 Å². The second-order valence-corrected chi connectivity index (χ2v) is 15.4. The van der Waals surface area contributed by atoms with Gasteiger partial charge in [0.25, 0.3) is 0 Å². The van der Waals surface area contributed by atoms with Gasteiger partial charge >= 0.3 is 0 Å². The number of anilines is 3. The first kappa shape index (κ1) is 31.1. The van der Waals surface area contributed by atoms with Gasteiger partial charge in [-0.15, -0.1) is 0 Å². The topological polar surface area (TPSA) is 16.4 Å². The van der Waals surface area contributed by atoms with Gasteiger partial charge in [-0.3, -0.25) is 0 Å². The van der Waals surface area contributed by atoms with E-state index in [0.29, 0.717) is 0 Å². The number of nitrogens with zero attached hydrogens (tertiary/aromatic N) is 1. The smallest absolute Gasteiger partial charge is 0.139 e. The Hall–Kier alpha value is -5.86. The monoisotopic (exact) mass is 659 g/mol. The van der Waals surface area contributed by atoms with E-state index in [2.05, 4.69) is 197 Å². The second kappa shape index (κ2) is 11.6. The fourth-order valence-electron chi connectivity index (χ4n) is 8.07. The van der Waals surface area contributed by atoms with Crippen LogP contribution in [0.15, 0.2) is 162 Å². The molecular weight excluding hydrogens is 619 g/mol. The van der Waals surface area contributed by atoms with Crippen LogP contribution in [0.1, 0.15) is 51.3 Å². The van der Waals surface area contributed by atoms with Crippen molar-refractivity contribution in [3.63, 3.8) is 0 Å². The van der Waals surface area contributed by atoms with Gasteiger partial charge in [0.2, 0.25) is 0 Å². The first-order valence-electron chi connectivity index (χ1n) is 17.9. The first-order valence-corrected chi connectivity index (χ1v) is 17.9. The molecule has 7 aromatic carbocycles. The fourth-order valence-corrected chi connectivity index (χ4v) is 8.07. The van der Waals surface area contributed by atoms with E-state index in [1.807, 2.05) is 0 Å². The summed E-state index contributed by atoms with van der Waals surface area (Å²) in [5, 5.41) is 2.38. The summed E-state index contributed by atoms with van der Waals surface area (Å²) in [6, 6.07) is 57.3. The van der Waals surface area contributed by atoms with Gasteiger partial charge in [-0.1, -0.05) is 144 Å². The molecule has 0 N–H and O–H groups in total. The van der Waals surface area contributed by atoms with Crippen molar-refractivity contribution in [1.82, 2.24) is 0 Å². The van der Waals surface area contributed by atoms with Crippen LogP contribution in [-0.2, 0) is 10.8 Å². The van der Waals surface area contributed by atoms with Crippen LogP contribution in [0.4, 0.5) is 17.1 Å². The molecule has 0 fully saturated rings. The molecule has 0 bridgehead atoms. The molecule has 1 aromatic heterocycles. The Balaban J connectivity index is 1.19.